The first-order valence-electron chi connectivity index (χ1n) is 3.98. The van der Waals surface area contributed by atoms with Crippen molar-refractivity contribution in [2.75, 3.05) is 0 Å². The Bertz CT molecular complexity index is 98.3. The van der Waals surface area contributed by atoms with Gasteiger partial charge in [-0.05, 0) is 26.7 Å². The molecular formula is C8H16O2. The van der Waals surface area contributed by atoms with Crippen molar-refractivity contribution in [2.24, 2.45) is 0 Å². The normalized spacial score (nSPS) is 21.9. The van der Waals surface area contributed by atoms with Crippen LogP contribution in [-0.2, 0) is 4.74 Å². The summed E-state index contributed by atoms with van der Waals surface area (Å²) in [5.74, 6) is -0.936. The lowest BCUT2D eigenvalue weighted by atomic mass is 10.3. The van der Waals surface area contributed by atoms with Crippen molar-refractivity contribution >= 4 is 0 Å². The van der Waals surface area contributed by atoms with Gasteiger partial charge in [0, 0.05) is 0 Å². The van der Waals surface area contributed by atoms with Gasteiger partial charge in [0.1, 0.15) is 0 Å². The maximum Gasteiger partial charge on any atom is 0.160 e. The number of aliphatic hydroxyl groups is 1. The number of rotatable bonds is 2. The summed E-state index contributed by atoms with van der Waals surface area (Å²) in [6.07, 6.45) is 5.04. The fourth-order valence-corrected chi connectivity index (χ4v) is 1.41. The van der Waals surface area contributed by atoms with E-state index in [1.165, 1.54) is 12.8 Å². The fourth-order valence-electron chi connectivity index (χ4n) is 1.41. The lowest BCUT2D eigenvalue weighted by molar-refractivity contribution is -0.203. The molecule has 0 unspecified atom stereocenters. The Labute approximate surface area is 62.2 Å². The molecule has 0 aromatic rings. The van der Waals surface area contributed by atoms with Crippen LogP contribution in [0.3, 0.4) is 0 Å². The van der Waals surface area contributed by atoms with Gasteiger partial charge in [-0.2, -0.15) is 0 Å². The summed E-state index contributed by atoms with van der Waals surface area (Å²) in [4.78, 5) is 0. The van der Waals surface area contributed by atoms with Crippen molar-refractivity contribution in [3.8, 4) is 0 Å². The summed E-state index contributed by atoms with van der Waals surface area (Å²) in [5.41, 5.74) is 0. The van der Waals surface area contributed by atoms with Gasteiger partial charge in [-0.1, -0.05) is 12.8 Å². The van der Waals surface area contributed by atoms with E-state index >= 15 is 0 Å². The summed E-state index contributed by atoms with van der Waals surface area (Å²) in [6.45, 7) is 3.37. The zero-order chi connectivity index (χ0) is 7.61. The Morgan fingerprint density at radius 1 is 1.30 bits per heavy atom. The highest BCUT2D eigenvalue weighted by molar-refractivity contribution is 4.68. The third-order valence-electron chi connectivity index (χ3n) is 1.76. The molecule has 0 bridgehead atoms. The van der Waals surface area contributed by atoms with E-state index in [9.17, 15) is 5.11 Å². The summed E-state index contributed by atoms with van der Waals surface area (Å²) in [7, 11) is 0. The molecular weight excluding hydrogens is 128 g/mol. The molecule has 1 aliphatic carbocycles. The van der Waals surface area contributed by atoms with Crippen LogP contribution in [0.1, 0.15) is 39.5 Å². The molecule has 2 heteroatoms. The van der Waals surface area contributed by atoms with E-state index in [4.69, 9.17) is 4.74 Å². The molecule has 2 nitrogen and oxygen atoms in total. The van der Waals surface area contributed by atoms with Gasteiger partial charge in [0.15, 0.2) is 5.79 Å². The summed E-state index contributed by atoms with van der Waals surface area (Å²) in [5, 5.41) is 9.26. The summed E-state index contributed by atoms with van der Waals surface area (Å²) < 4.78 is 5.35. The van der Waals surface area contributed by atoms with Crippen molar-refractivity contribution in [3.63, 3.8) is 0 Å². The largest absolute Gasteiger partial charge is 0.366 e. The first-order valence-corrected chi connectivity index (χ1v) is 3.98. The monoisotopic (exact) mass is 144 g/mol. The second kappa shape index (κ2) is 2.89. The van der Waals surface area contributed by atoms with Crippen LogP contribution in [0, 0.1) is 0 Å². The number of hydrogen-bond acceptors (Lipinski definition) is 2. The predicted octanol–water partition coefficient (Wildman–Crippen LogP) is 1.67. The minimum atomic E-state index is -0.936. The molecule has 10 heavy (non-hydrogen) atoms. The molecule has 1 aliphatic rings. The van der Waals surface area contributed by atoms with Crippen LogP contribution in [0.4, 0.5) is 0 Å². The highest BCUT2D eigenvalue weighted by Crippen LogP contribution is 2.24. The molecule has 0 aliphatic heterocycles. The van der Waals surface area contributed by atoms with Gasteiger partial charge in [0.05, 0.1) is 6.10 Å². The molecule has 1 fully saturated rings. The Kier molecular flexibility index (Phi) is 2.32. The van der Waals surface area contributed by atoms with Crippen LogP contribution in [0.2, 0.25) is 0 Å². The van der Waals surface area contributed by atoms with Gasteiger partial charge in [-0.15, -0.1) is 0 Å². The van der Waals surface area contributed by atoms with E-state index in [0.29, 0.717) is 6.10 Å². The van der Waals surface area contributed by atoms with Crippen molar-refractivity contribution in [1.29, 1.82) is 0 Å². The molecule has 0 radical (unpaired) electrons. The van der Waals surface area contributed by atoms with E-state index in [1.807, 2.05) is 0 Å². The minimum Gasteiger partial charge on any atom is -0.366 e. The van der Waals surface area contributed by atoms with E-state index in [0.717, 1.165) is 12.8 Å². The van der Waals surface area contributed by atoms with Gasteiger partial charge in [-0.3, -0.25) is 0 Å². The SMILES string of the molecule is CC(C)(O)OC1CCCC1. The maximum absolute atomic E-state index is 9.26. The lowest BCUT2D eigenvalue weighted by Gasteiger charge is -2.22. The molecule has 1 rings (SSSR count). The van der Waals surface area contributed by atoms with E-state index < -0.39 is 5.79 Å². The van der Waals surface area contributed by atoms with Crippen LogP contribution in [0.5, 0.6) is 0 Å². The Hall–Kier alpha value is -0.0800. The van der Waals surface area contributed by atoms with Gasteiger partial charge >= 0.3 is 0 Å². The number of ether oxygens (including phenoxy) is 1. The van der Waals surface area contributed by atoms with Gasteiger partial charge in [-0.25, -0.2) is 0 Å². The second-order valence-electron chi connectivity index (χ2n) is 3.47. The molecule has 0 spiro atoms. The zero-order valence-electron chi connectivity index (χ0n) is 6.76. The van der Waals surface area contributed by atoms with Crippen LogP contribution in [0.15, 0.2) is 0 Å². The third-order valence-corrected chi connectivity index (χ3v) is 1.76. The zero-order valence-corrected chi connectivity index (χ0v) is 6.76. The van der Waals surface area contributed by atoms with Crippen LogP contribution >= 0.6 is 0 Å². The minimum absolute atomic E-state index is 0.306. The van der Waals surface area contributed by atoms with Crippen LogP contribution in [0.25, 0.3) is 0 Å². The van der Waals surface area contributed by atoms with Crippen molar-refractivity contribution in [2.45, 2.75) is 51.4 Å². The lowest BCUT2D eigenvalue weighted by Crippen LogP contribution is -2.28. The molecule has 1 saturated carbocycles. The fraction of sp³-hybridized carbons (Fsp3) is 1.00. The van der Waals surface area contributed by atoms with E-state index in [1.54, 1.807) is 13.8 Å². The highest BCUT2D eigenvalue weighted by atomic mass is 16.6. The van der Waals surface area contributed by atoms with Crippen molar-refractivity contribution < 1.29 is 9.84 Å². The van der Waals surface area contributed by atoms with E-state index in [2.05, 4.69) is 0 Å². The standard InChI is InChI=1S/C8H16O2/c1-8(2,9)10-7-5-3-4-6-7/h7,9H,3-6H2,1-2H3. The van der Waals surface area contributed by atoms with Gasteiger partial charge in [0.2, 0.25) is 0 Å². The Balaban J connectivity index is 2.24. The average molecular weight is 144 g/mol. The molecule has 0 saturated heterocycles. The van der Waals surface area contributed by atoms with Gasteiger partial charge in [0.25, 0.3) is 0 Å². The summed E-state index contributed by atoms with van der Waals surface area (Å²) in [6, 6.07) is 0. The van der Waals surface area contributed by atoms with Crippen LogP contribution < -0.4 is 0 Å². The second-order valence-corrected chi connectivity index (χ2v) is 3.47. The van der Waals surface area contributed by atoms with E-state index in [-0.39, 0.29) is 0 Å². The maximum atomic E-state index is 9.26. The first-order chi connectivity index (χ1) is 4.58. The van der Waals surface area contributed by atoms with Crippen molar-refractivity contribution in [3.05, 3.63) is 0 Å². The average Bonchev–Trinajstić information content (AvgIpc) is 2.12. The highest BCUT2D eigenvalue weighted by Gasteiger charge is 2.22. The third kappa shape index (κ3) is 2.67. The molecule has 1 N–H and O–H groups in total. The smallest absolute Gasteiger partial charge is 0.160 e. The molecule has 0 aromatic carbocycles. The topological polar surface area (TPSA) is 29.5 Å². The molecule has 0 atom stereocenters. The number of hydrogen-bond donors (Lipinski definition) is 1. The Morgan fingerprint density at radius 2 is 1.80 bits per heavy atom. The molecule has 60 valence electrons. The molecule has 0 aromatic heterocycles. The first kappa shape index (κ1) is 8.02. The predicted molar refractivity (Wildman–Crippen MR) is 39.6 cm³/mol. The Morgan fingerprint density at radius 3 is 2.20 bits per heavy atom. The molecule has 0 amide bonds. The van der Waals surface area contributed by atoms with Crippen molar-refractivity contribution in [1.82, 2.24) is 0 Å². The quantitative estimate of drug-likeness (QED) is 0.597. The summed E-state index contributed by atoms with van der Waals surface area (Å²) >= 11 is 0. The molecule has 0 heterocycles. The van der Waals surface area contributed by atoms with Crippen LogP contribution in [-0.4, -0.2) is 17.0 Å². The van der Waals surface area contributed by atoms with Gasteiger partial charge < -0.3 is 9.84 Å².